The highest BCUT2D eigenvalue weighted by Gasteiger charge is 2.32. The molecule has 1 atom stereocenters. The highest BCUT2D eigenvalue weighted by Crippen LogP contribution is 2.26. The first-order chi connectivity index (χ1) is 5.68. The third-order valence-electron chi connectivity index (χ3n) is 2.93. The van der Waals surface area contributed by atoms with Gasteiger partial charge in [0, 0.05) is 0 Å². The average Bonchev–Trinajstić information content (AvgIpc) is 2.05. The number of rotatable bonds is 3. The lowest BCUT2D eigenvalue weighted by Crippen LogP contribution is -3.06. The van der Waals surface area contributed by atoms with Crippen LogP contribution in [0.2, 0.25) is 0 Å². The lowest BCUT2D eigenvalue weighted by molar-refractivity contribution is -0.831. The van der Waals surface area contributed by atoms with Crippen molar-refractivity contribution in [2.24, 2.45) is 0 Å². The third-order valence-corrected chi connectivity index (χ3v) is 2.93. The summed E-state index contributed by atoms with van der Waals surface area (Å²) in [6.45, 7) is 0.712. The lowest BCUT2D eigenvalue weighted by atomic mass is 9.82. The molecule has 0 aromatic heterocycles. The molecule has 0 bridgehead atoms. The molecule has 3 nitrogen and oxygen atoms in total. The van der Waals surface area contributed by atoms with Gasteiger partial charge in [0.2, 0.25) is 0 Å². The minimum Gasteiger partial charge on any atom is -0.634 e. The SMILES string of the molecule is CNC1(C[NH+](C)[O-])CCCCC1. The maximum absolute atomic E-state index is 11.0. The van der Waals surface area contributed by atoms with Crippen molar-refractivity contribution in [2.45, 2.75) is 37.6 Å². The Morgan fingerprint density at radius 3 is 2.33 bits per heavy atom. The van der Waals surface area contributed by atoms with Gasteiger partial charge in [0.1, 0.15) is 0 Å². The highest BCUT2D eigenvalue weighted by molar-refractivity contribution is 4.88. The van der Waals surface area contributed by atoms with Crippen molar-refractivity contribution in [2.75, 3.05) is 20.6 Å². The van der Waals surface area contributed by atoms with Crippen LogP contribution >= 0.6 is 0 Å². The van der Waals surface area contributed by atoms with Crippen molar-refractivity contribution in [3.63, 3.8) is 0 Å². The van der Waals surface area contributed by atoms with Gasteiger partial charge in [-0.1, -0.05) is 19.3 Å². The Hall–Kier alpha value is -0.120. The Morgan fingerprint density at radius 1 is 1.33 bits per heavy atom. The topological polar surface area (TPSA) is 39.5 Å². The van der Waals surface area contributed by atoms with E-state index in [0.29, 0.717) is 11.6 Å². The number of quaternary nitrogens is 1. The molecule has 1 aliphatic rings. The van der Waals surface area contributed by atoms with Crippen LogP contribution in [-0.4, -0.2) is 26.2 Å². The van der Waals surface area contributed by atoms with Crippen LogP contribution in [0.15, 0.2) is 0 Å². The minimum absolute atomic E-state index is 0.143. The fourth-order valence-corrected chi connectivity index (χ4v) is 2.22. The molecule has 0 aromatic carbocycles. The van der Waals surface area contributed by atoms with Gasteiger partial charge in [0.25, 0.3) is 0 Å². The molecule has 3 heteroatoms. The van der Waals surface area contributed by atoms with Crippen LogP contribution in [0.4, 0.5) is 0 Å². The van der Waals surface area contributed by atoms with Gasteiger partial charge >= 0.3 is 0 Å². The molecule has 0 radical (unpaired) electrons. The van der Waals surface area contributed by atoms with Crippen LogP contribution in [0.25, 0.3) is 0 Å². The molecule has 0 heterocycles. The van der Waals surface area contributed by atoms with Crippen LogP contribution in [0, 0.1) is 5.21 Å². The Bertz CT molecular complexity index is 130. The number of hydroxylamine groups is 2. The quantitative estimate of drug-likeness (QED) is 0.585. The first-order valence-electron chi connectivity index (χ1n) is 4.87. The number of likely N-dealkylation sites (N-methyl/N-ethyl adjacent to an activating group) is 2. The fraction of sp³-hybridized carbons (Fsp3) is 1.00. The van der Waals surface area contributed by atoms with E-state index >= 15 is 0 Å². The molecule has 1 fully saturated rings. The van der Waals surface area contributed by atoms with Gasteiger partial charge in [-0.3, -0.25) is 0 Å². The molecule has 2 N–H and O–H groups in total. The summed E-state index contributed by atoms with van der Waals surface area (Å²) >= 11 is 0. The van der Waals surface area contributed by atoms with E-state index in [1.54, 1.807) is 7.05 Å². The van der Waals surface area contributed by atoms with Gasteiger partial charge in [-0.2, -0.15) is 0 Å². The van der Waals surface area contributed by atoms with Crippen molar-refractivity contribution >= 4 is 0 Å². The highest BCUT2D eigenvalue weighted by atomic mass is 16.5. The van der Waals surface area contributed by atoms with Crippen LogP contribution in [0.5, 0.6) is 0 Å². The molecule has 72 valence electrons. The summed E-state index contributed by atoms with van der Waals surface area (Å²) in [4.78, 5) is 0. The van der Waals surface area contributed by atoms with Crippen molar-refractivity contribution in [3.8, 4) is 0 Å². The first kappa shape index (κ1) is 9.96. The third kappa shape index (κ3) is 2.44. The molecule has 0 saturated heterocycles. The monoisotopic (exact) mass is 172 g/mol. The molecule has 1 aliphatic carbocycles. The predicted octanol–water partition coefficient (Wildman–Crippen LogP) is -0.0788. The normalized spacial score (nSPS) is 25.2. The van der Waals surface area contributed by atoms with E-state index in [9.17, 15) is 5.21 Å². The molecule has 1 unspecified atom stereocenters. The molecule has 12 heavy (non-hydrogen) atoms. The molecular formula is C9H20N2O. The Labute approximate surface area is 74.7 Å². The fourth-order valence-electron chi connectivity index (χ4n) is 2.22. The second-order valence-electron chi connectivity index (χ2n) is 3.97. The van der Waals surface area contributed by atoms with Gasteiger partial charge < -0.3 is 15.6 Å². The molecule has 0 amide bonds. The summed E-state index contributed by atoms with van der Waals surface area (Å²) in [5, 5.41) is 14.7. The number of hydrogen-bond acceptors (Lipinski definition) is 2. The van der Waals surface area contributed by atoms with Crippen LogP contribution in [0.3, 0.4) is 0 Å². The summed E-state index contributed by atoms with van der Waals surface area (Å²) in [5.41, 5.74) is 0.143. The van der Waals surface area contributed by atoms with Crippen molar-refractivity contribution in [1.29, 1.82) is 0 Å². The van der Waals surface area contributed by atoms with Crippen molar-refractivity contribution in [3.05, 3.63) is 5.21 Å². The predicted molar refractivity (Wildman–Crippen MR) is 50.0 cm³/mol. The average molecular weight is 172 g/mol. The van der Waals surface area contributed by atoms with E-state index < -0.39 is 0 Å². The molecule has 1 rings (SSSR count). The summed E-state index contributed by atoms with van der Waals surface area (Å²) in [6.07, 6.45) is 6.22. The first-order valence-corrected chi connectivity index (χ1v) is 4.87. The number of nitrogens with one attached hydrogen (secondary N) is 2. The Kier molecular flexibility index (Phi) is 3.50. The summed E-state index contributed by atoms with van der Waals surface area (Å²) in [6, 6.07) is 0. The zero-order chi connectivity index (χ0) is 9.03. The van der Waals surface area contributed by atoms with Crippen LogP contribution in [0.1, 0.15) is 32.1 Å². The standard InChI is InChI=1S/C9H20N2O/c1-10-9(8-11(2)12)6-4-3-5-7-9/h10-11H,3-8H2,1-2H3. The van der Waals surface area contributed by atoms with E-state index in [0.717, 1.165) is 0 Å². The molecule has 0 spiro atoms. The van der Waals surface area contributed by atoms with Gasteiger partial charge in [-0.05, 0) is 19.9 Å². The zero-order valence-electron chi connectivity index (χ0n) is 8.15. The number of hydrogen-bond donors (Lipinski definition) is 2. The summed E-state index contributed by atoms with van der Waals surface area (Å²) in [7, 11) is 3.67. The second kappa shape index (κ2) is 4.21. The maximum atomic E-state index is 11.0. The largest absolute Gasteiger partial charge is 0.634 e. The van der Waals surface area contributed by atoms with Crippen LogP contribution in [-0.2, 0) is 0 Å². The maximum Gasteiger partial charge on any atom is 0.0951 e. The van der Waals surface area contributed by atoms with Gasteiger partial charge in [0.05, 0.1) is 19.1 Å². The van der Waals surface area contributed by atoms with Gasteiger partial charge in [0.15, 0.2) is 0 Å². The Morgan fingerprint density at radius 2 is 1.92 bits per heavy atom. The second-order valence-corrected chi connectivity index (χ2v) is 3.97. The van der Waals surface area contributed by atoms with Crippen molar-refractivity contribution < 1.29 is 5.06 Å². The van der Waals surface area contributed by atoms with Crippen LogP contribution < -0.4 is 10.4 Å². The molecule has 0 aromatic rings. The van der Waals surface area contributed by atoms with E-state index in [-0.39, 0.29) is 5.54 Å². The lowest BCUT2D eigenvalue weighted by Gasteiger charge is -2.39. The minimum atomic E-state index is 0.143. The Balaban J connectivity index is 2.48. The van der Waals surface area contributed by atoms with E-state index in [1.807, 2.05) is 7.05 Å². The van der Waals surface area contributed by atoms with Gasteiger partial charge in [-0.15, -0.1) is 0 Å². The zero-order valence-corrected chi connectivity index (χ0v) is 8.15. The van der Waals surface area contributed by atoms with E-state index in [4.69, 9.17) is 0 Å². The van der Waals surface area contributed by atoms with E-state index in [2.05, 4.69) is 5.32 Å². The molecular weight excluding hydrogens is 152 g/mol. The van der Waals surface area contributed by atoms with E-state index in [1.165, 1.54) is 32.1 Å². The van der Waals surface area contributed by atoms with Crippen molar-refractivity contribution in [1.82, 2.24) is 5.32 Å². The van der Waals surface area contributed by atoms with Gasteiger partial charge in [-0.25, -0.2) is 0 Å². The smallest absolute Gasteiger partial charge is 0.0951 e. The summed E-state index contributed by atoms with van der Waals surface area (Å²) < 4.78 is 0. The molecule has 0 aliphatic heterocycles. The molecule has 1 saturated carbocycles. The summed E-state index contributed by atoms with van der Waals surface area (Å²) in [5.74, 6) is 0.